The molecule has 0 bridgehead atoms. The summed E-state index contributed by atoms with van der Waals surface area (Å²) in [7, 11) is 1.79. The number of methoxy groups -OCH3 is 1. The van der Waals surface area contributed by atoms with Crippen LogP contribution in [0.1, 0.15) is 32.1 Å². The monoisotopic (exact) mass is 200 g/mol. The van der Waals surface area contributed by atoms with E-state index in [2.05, 4.69) is 0 Å². The quantitative estimate of drug-likeness (QED) is 0.679. The summed E-state index contributed by atoms with van der Waals surface area (Å²) in [6.07, 6.45) is 6.64. The molecule has 0 aromatic heterocycles. The van der Waals surface area contributed by atoms with Crippen molar-refractivity contribution in [2.75, 3.05) is 20.3 Å². The molecule has 0 radical (unpaired) electrons. The molecule has 3 atom stereocenters. The molecular formula is C11H20O3. The molecule has 2 rings (SSSR count). The molecule has 82 valence electrons. The molecule has 0 saturated carbocycles. The second kappa shape index (κ2) is 5.10. The van der Waals surface area contributed by atoms with Gasteiger partial charge in [0.25, 0.3) is 0 Å². The van der Waals surface area contributed by atoms with Gasteiger partial charge in [-0.15, -0.1) is 0 Å². The van der Waals surface area contributed by atoms with Crippen LogP contribution in [-0.2, 0) is 14.2 Å². The third-order valence-corrected chi connectivity index (χ3v) is 3.23. The number of hydrogen-bond donors (Lipinski definition) is 0. The fourth-order valence-corrected chi connectivity index (χ4v) is 2.33. The summed E-state index contributed by atoms with van der Waals surface area (Å²) in [5, 5.41) is 0. The molecule has 2 fully saturated rings. The van der Waals surface area contributed by atoms with Crippen LogP contribution in [0.2, 0.25) is 0 Å². The zero-order valence-corrected chi connectivity index (χ0v) is 8.91. The van der Waals surface area contributed by atoms with Gasteiger partial charge in [-0.1, -0.05) is 0 Å². The lowest BCUT2D eigenvalue weighted by Crippen LogP contribution is -2.41. The van der Waals surface area contributed by atoms with E-state index in [1.165, 1.54) is 12.8 Å². The average Bonchev–Trinajstić information content (AvgIpc) is 2.30. The van der Waals surface area contributed by atoms with Crippen molar-refractivity contribution in [1.29, 1.82) is 0 Å². The molecule has 0 amide bonds. The number of ether oxygens (including phenoxy) is 3. The smallest absolute Gasteiger partial charge is 0.0861 e. The number of hydrogen-bond acceptors (Lipinski definition) is 3. The molecular weight excluding hydrogens is 180 g/mol. The minimum atomic E-state index is 0.272. The molecule has 0 aromatic rings. The van der Waals surface area contributed by atoms with Crippen LogP contribution in [-0.4, -0.2) is 38.6 Å². The van der Waals surface area contributed by atoms with Gasteiger partial charge in [0.05, 0.1) is 18.3 Å². The molecule has 0 aliphatic carbocycles. The number of rotatable bonds is 2. The van der Waals surface area contributed by atoms with Gasteiger partial charge in [-0.3, -0.25) is 0 Å². The Morgan fingerprint density at radius 1 is 1.00 bits per heavy atom. The van der Waals surface area contributed by atoms with Crippen LogP contribution in [0.5, 0.6) is 0 Å². The molecule has 2 aliphatic rings. The van der Waals surface area contributed by atoms with E-state index in [0.717, 1.165) is 32.5 Å². The van der Waals surface area contributed by atoms with Gasteiger partial charge >= 0.3 is 0 Å². The lowest BCUT2D eigenvalue weighted by atomic mass is 9.96. The Kier molecular flexibility index (Phi) is 3.79. The molecule has 3 unspecified atom stereocenters. The summed E-state index contributed by atoms with van der Waals surface area (Å²) >= 11 is 0. The van der Waals surface area contributed by atoms with Crippen molar-refractivity contribution in [1.82, 2.24) is 0 Å². The summed E-state index contributed by atoms with van der Waals surface area (Å²) in [5.41, 5.74) is 0. The summed E-state index contributed by atoms with van der Waals surface area (Å²) < 4.78 is 16.9. The van der Waals surface area contributed by atoms with Crippen LogP contribution in [0, 0.1) is 0 Å². The van der Waals surface area contributed by atoms with E-state index >= 15 is 0 Å². The van der Waals surface area contributed by atoms with E-state index in [1.807, 2.05) is 0 Å². The maximum Gasteiger partial charge on any atom is 0.0861 e. The van der Waals surface area contributed by atoms with Crippen LogP contribution in [0.3, 0.4) is 0 Å². The molecule has 0 N–H and O–H groups in total. The predicted molar refractivity (Wildman–Crippen MR) is 53.4 cm³/mol. The van der Waals surface area contributed by atoms with E-state index < -0.39 is 0 Å². The zero-order chi connectivity index (χ0) is 9.80. The second-order valence-electron chi connectivity index (χ2n) is 4.20. The van der Waals surface area contributed by atoms with Crippen molar-refractivity contribution in [3.63, 3.8) is 0 Å². The summed E-state index contributed by atoms with van der Waals surface area (Å²) in [5.74, 6) is 0. The normalized spacial score (nSPS) is 39.6. The molecule has 0 aromatic carbocycles. The zero-order valence-electron chi connectivity index (χ0n) is 8.91. The first-order valence-corrected chi connectivity index (χ1v) is 5.66. The van der Waals surface area contributed by atoms with Crippen molar-refractivity contribution in [2.24, 2.45) is 0 Å². The van der Waals surface area contributed by atoms with Gasteiger partial charge in [-0.2, -0.15) is 0 Å². The standard InChI is InChI=1S/C11H20O3/c1-12-9-5-7-14-11(8-9)10-4-2-3-6-13-10/h9-11H,2-8H2,1H3. The van der Waals surface area contributed by atoms with Crippen LogP contribution in [0.25, 0.3) is 0 Å². The summed E-state index contributed by atoms with van der Waals surface area (Å²) in [4.78, 5) is 0. The summed E-state index contributed by atoms with van der Waals surface area (Å²) in [6.45, 7) is 1.73. The van der Waals surface area contributed by atoms with Gasteiger partial charge in [-0.05, 0) is 25.7 Å². The van der Waals surface area contributed by atoms with Crippen LogP contribution >= 0.6 is 0 Å². The molecule has 2 saturated heterocycles. The van der Waals surface area contributed by atoms with Gasteiger partial charge < -0.3 is 14.2 Å². The van der Waals surface area contributed by atoms with Crippen molar-refractivity contribution >= 4 is 0 Å². The first-order valence-electron chi connectivity index (χ1n) is 5.66. The Labute approximate surface area is 85.7 Å². The first kappa shape index (κ1) is 10.4. The third kappa shape index (κ3) is 2.47. The maximum absolute atomic E-state index is 5.74. The Bertz CT molecular complexity index is 166. The Hall–Kier alpha value is -0.120. The van der Waals surface area contributed by atoms with Crippen molar-refractivity contribution < 1.29 is 14.2 Å². The lowest BCUT2D eigenvalue weighted by Gasteiger charge is -2.35. The second-order valence-corrected chi connectivity index (χ2v) is 4.20. The minimum Gasteiger partial charge on any atom is -0.381 e. The molecule has 2 aliphatic heterocycles. The highest BCUT2D eigenvalue weighted by Crippen LogP contribution is 2.25. The summed E-state index contributed by atoms with van der Waals surface area (Å²) in [6, 6.07) is 0. The van der Waals surface area contributed by atoms with Gasteiger partial charge in [-0.25, -0.2) is 0 Å². The molecule has 0 spiro atoms. The predicted octanol–water partition coefficient (Wildman–Crippen LogP) is 1.75. The average molecular weight is 200 g/mol. The minimum absolute atomic E-state index is 0.272. The molecule has 3 heteroatoms. The largest absolute Gasteiger partial charge is 0.381 e. The Morgan fingerprint density at radius 2 is 1.86 bits per heavy atom. The topological polar surface area (TPSA) is 27.7 Å². The van der Waals surface area contributed by atoms with Gasteiger partial charge in [0, 0.05) is 26.7 Å². The van der Waals surface area contributed by atoms with E-state index in [-0.39, 0.29) is 6.10 Å². The molecule has 14 heavy (non-hydrogen) atoms. The van der Waals surface area contributed by atoms with Crippen LogP contribution in [0.15, 0.2) is 0 Å². The van der Waals surface area contributed by atoms with Gasteiger partial charge in [0.15, 0.2) is 0 Å². The first-order chi connectivity index (χ1) is 6.90. The maximum atomic E-state index is 5.74. The Balaban J connectivity index is 1.83. The van der Waals surface area contributed by atoms with Crippen molar-refractivity contribution in [2.45, 2.75) is 50.4 Å². The van der Waals surface area contributed by atoms with Gasteiger partial charge in [0.1, 0.15) is 0 Å². The highest BCUT2D eigenvalue weighted by Gasteiger charge is 2.30. The third-order valence-electron chi connectivity index (χ3n) is 3.23. The van der Waals surface area contributed by atoms with Crippen LogP contribution < -0.4 is 0 Å². The van der Waals surface area contributed by atoms with E-state index in [0.29, 0.717) is 12.2 Å². The van der Waals surface area contributed by atoms with Gasteiger partial charge in [0.2, 0.25) is 0 Å². The lowest BCUT2D eigenvalue weighted by molar-refractivity contribution is -0.135. The SMILES string of the molecule is COC1CCOC(C2CCCCO2)C1. The molecule has 2 heterocycles. The fraction of sp³-hybridized carbons (Fsp3) is 1.00. The molecule has 3 nitrogen and oxygen atoms in total. The highest BCUT2D eigenvalue weighted by molar-refractivity contribution is 4.80. The highest BCUT2D eigenvalue weighted by atomic mass is 16.5. The van der Waals surface area contributed by atoms with E-state index in [1.54, 1.807) is 7.11 Å². The Morgan fingerprint density at radius 3 is 2.57 bits per heavy atom. The van der Waals surface area contributed by atoms with Crippen molar-refractivity contribution in [3.05, 3.63) is 0 Å². The van der Waals surface area contributed by atoms with Crippen molar-refractivity contribution in [3.8, 4) is 0 Å². The van der Waals surface area contributed by atoms with Crippen LogP contribution in [0.4, 0.5) is 0 Å². The van der Waals surface area contributed by atoms with E-state index in [4.69, 9.17) is 14.2 Å². The van der Waals surface area contributed by atoms with E-state index in [9.17, 15) is 0 Å². The fourth-order valence-electron chi connectivity index (χ4n) is 2.33.